The van der Waals surface area contributed by atoms with Gasteiger partial charge in [-0.15, -0.1) is 0 Å². The molecule has 1 aliphatic heterocycles. The third kappa shape index (κ3) is 2.64. The van der Waals surface area contributed by atoms with E-state index in [9.17, 15) is 8.42 Å². The number of hydrogen-bond donors (Lipinski definition) is 2. The number of nitrogens with zero attached hydrogens (tertiary/aromatic N) is 3. The van der Waals surface area contributed by atoms with E-state index in [0.717, 1.165) is 22.2 Å². The second-order valence-corrected chi connectivity index (χ2v) is 10.6. The number of aryl methyl sites for hydroxylation is 2. The quantitative estimate of drug-likeness (QED) is 0.682. The fraction of sp³-hybridized carbons (Fsp3) is 0.421. The molecule has 148 valence electrons. The van der Waals surface area contributed by atoms with Crippen molar-refractivity contribution in [2.24, 2.45) is 0 Å². The van der Waals surface area contributed by atoms with Gasteiger partial charge in [0.15, 0.2) is 15.7 Å². The molecule has 9 heteroatoms. The van der Waals surface area contributed by atoms with E-state index in [1.165, 1.54) is 0 Å². The van der Waals surface area contributed by atoms with Gasteiger partial charge in [-0.25, -0.2) is 18.1 Å². The van der Waals surface area contributed by atoms with Crippen molar-refractivity contribution in [1.29, 1.82) is 5.41 Å². The highest BCUT2D eigenvalue weighted by molar-refractivity contribution is 7.93. The Morgan fingerprint density at radius 1 is 1.25 bits per heavy atom. The average Bonchev–Trinajstić information content (AvgIpc) is 3.14. The van der Waals surface area contributed by atoms with Crippen LogP contribution < -0.4 is 5.32 Å². The molecule has 0 radical (unpaired) electrons. The Morgan fingerprint density at radius 2 is 1.96 bits per heavy atom. The van der Waals surface area contributed by atoms with Crippen LogP contribution in [0.15, 0.2) is 28.8 Å². The molecule has 0 aliphatic carbocycles. The molecule has 1 atom stereocenters. The number of sulfone groups is 1. The number of aromatic nitrogens is 3. The van der Waals surface area contributed by atoms with Crippen LogP contribution in [-0.4, -0.2) is 39.5 Å². The van der Waals surface area contributed by atoms with Crippen molar-refractivity contribution >= 4 is 26.6 Å². The maximum Gasteiger partial charge on any atom is 0.243 e. The second-order valence-electron chi connectivity index (χ2n) is 8.07. The number of hydrogen-bond acceptors (Lipinski definition) is 6. The average molecular weight is 401 g/mol. The van der Waals surface area contributed by atoms with Crippen LogP contribution in [0, 0.1) is 19.3 Å². The number of fused-ring (bicyclic) bond motifs is 1. The molecule has 3 aromatic rings. The van der Waals surface area contributed by atoms with Crippen LogP contribution >= 0.6 is 0 Å². The Hall–Kier alpha value is -2.68. The van der Waals surface area contributed by atoms with Crippen molar-refractivity contribution in [3.8, 4) is 5.88 Å². The van der Waals surface area contributed by atoms with Gasteiger partial charge in [-0.05, 0) is 45.4 Å². The maximum absolute atomic E-state index is 12.8. The van der Waals surface area contributed by atoms with Gasteiger partial charge >= 0.3 is 0 Å². The molecular formula is C19H23N5O3S. The molecular weight excluding hydrogens is 378 g/mol. The van der Waals surface area contributed by atoms with E-state index in [1.54, 1.807) is 25.5 Å². The minimum atomic E-state index is -3.49. The lowest BCUT2D eigenvalue weighted by molar-refractivity contribution is 0.443. The minimum absolute atomic E-state index is 0.00445. The molecule has 1 aliphatic rings. The first kappa shape index (κ1) is 18.7. The molecule has 8 nitrogen and oxygen atoms in total. The lowest BCUT2D eigenvalue weighted by atomic mass is 9.91. The summed E-state index contributed by atoms with van der Waals surface area (Å²) < 4.78 is 31.6. The molecule has 1 fully saturated rings. The highest BCUT2D eigenvalue weighted by atomic mass is 32.2. The summed E-state index contributed by atoms with van der Waals surface area (Å²) in [6, 6.07) is 5.61. The first-order valence-electron chi connectivity index (χ1n) is 8.97. The van der Waals surface area contributed by atoms with Crippen molar-refractivity contribution in [2.75, 3.05) is 5.75 Å². The number of nitrogens with one attached hydrogen (secondary N) is 2. The molecule has 4 rings (SSSR count). The zero-order valence-corrected chi connectivity index (χ0v) is 17.3. The van der Waals surface area contributed by atoms with E-state index in [0.29, 0.717) is 11.8 Å². The van der Waals surface area contributed by atoms with Gasteiger partial charge in [0.2, 0.25) is 5.88 Å². The number of benzene rings is 1. The SMILES string of the molecule is Cc1nc(C)c(-n2cc3cc(C4(C)CS(=O)(=O)C(C)(C)C(=N)N4)ccc3n2)o1. The van der Waals surface area contributed by atoms with E-state index in [2.05, 4.69) is 15.4 Å². The molecule has 1 saturated heterocycles. The van der Waals surface area contributed by atoms with E-state index >= 15 is 0 Å². The summed E-state index contributed by atoms with van der Waals surface area (Å²) in [6.45, 7) is 8.57. The molecule has 0 amide bonds. The van der Waals surface area contributed by atoms with Crippen LogP contribution in [0.2, 0.25) is 0 Å². The van der Waals surface area contributed by atoms with Crippen LogP contribution in [-0.2, 0) is 15.4 Å². The monoisotopic (exact) mass is 401 g/mol. The molecule has 1 unspecified atom stereocenters. The minimum Gasteiger partial charge on any atom is -0.423 e. The van der Waals surface area contributed by atoms with Crippen molar-refractivity contribution in [3.05, 3.63) is 41.5 Å². The van der Waals surface area contributed by atoms with Crippen LogP contribution in [0.3, 0.4) is 0 Å². The summed E-state index contributed by atoms with van der Waals surface area (Å²) >= 11 is 0. The van der Waals surface area contributed by atoms with Crippen LogP contribution in [0.25, 0.3) is 16.8 Å². The summed E-state index contributed by atoms with van der Waals surface area (Å²) in [5, 5.41) is 16.7. The fourth-order valence-corrected chi connectivity index (χ4v) is 5.26. The molecule has 3 heterocycles. The predicted octanol–water partition coefficient (Wildman–Crippen LogP) is 2.62. The fourth-order valence-electron chi connectivity index (χ4n) is 3.54. The van der Waals surface area contributed by atoms with E-state index in [4.69, 9.17) is 9.83 Å². The van der Waals surface area contributed by atoms with Gasteiger partial charge in [0.25, 0.3) is 0 Å². The van der Waals surface area contributed by atoms with Crippen molar-refractivity contribution in [2.45, 2.75) is 44.9 Å². The van der Waals surface area contributed by atoms with E-state index in [-0.39, 0.29) is 11.6 Å². The topological polar surface area (TPSA) is 114 Å². The Balaban J connectivity index is 1.78. The van der Waals surface area contributed by atoms with Gasteiger partial charge in [-0.1, -0.05) is 6.07 Å². The van der Waals surface area contributed by atoms with Crippen LogP contribution in [0.4, 0.5) is 0 Å². The Labute approximate surface area is 163 Å². The summed E-state index contributed by atoms with van der Waals surface area (Å²) in [6.07, 6.45) is 1.84. The summed E-state index contributed by atoms with van der Waals surface area (Å²) in [7, 11) is -3.49. The molecule has 2 aromatic heterocycles. The van der Waals surface area contributed by atoms with Crippen molar-refractivity contribution in [1.82, 2.24) is 20.1 Å². The van der Waals surface area contributed by atoms with Gasteiger partial charge in [0.1, 0.15) is 16.3 Å². The lowest BCUT2D eigenvalue weighted by Crippen LogP contribution is -2.63. The lowest BCUT2D eigenvalue weighted by Gasteiger charge is -2.43. The van der Waals surface area contributed by atoms with E-state index in [1.807, 2.05) is 38.2 Å². The molecule has 0 bridgehead atoms. The molecule has 28 heavy (non-hydrogen) atoms. The first-order valence-corrected chi connectivity index (χ1v) is 10.6. The third-order valence-electron chi connectivity index (χ3n) is 5.49. The van der Waals surface area contributed by atoms with Gasteiger partial charge in [-0.2, -0.15) is 5.10 Å². The summed E-state index contributed by atoms with van der Waals surface area (Å²) in [4.78, 5) is 4.27. The number of oxazole rings is 1. The standard InChI is InChI=1S/C19H23N5O3S/c1-11-16(27-12(2)21-11)24-9-13-8-14(6-7-15(13)23-24)19(5)10-28(25,26)18(3,4)17(20)22-19/h6-9H,10H2,1-5H3,(H2,20,22). The van der Waals surface area contributed by atoms with Gasteiger partial charge < -0.3 is 9.73 Å². The molecule has 1 aromatic carbocycles. The third-order valence-corrected chi connectivity index (χ3v) is 8.20. The first-order chi connectivity index (χ1) is 12.9. The zero-order valence-electron chi connectivity index (χ0n) is 16.5. The predicted molar refractivity (Wildman–Crippen MR) is 107 cm³/mol. The molecule has 2 N–H and O–H groups in total. The van der Waals surface area contributed by atoms with Gasteiger partial charge in [0.05, 0.1) is 16.8 Å². The number of amidine groups is 1. The van der Waals surface area contributed by atoms with Crippen molar-refractivity contribution in [3.63, 3.8) is 0 Å². The largest absolute Gasteiger partial charge is 0.423 e. The Bertz CT molecular complexity index is 1220. The highest BCUT2D eigenvalue weighted by Gasteiger charge is 2.50. The molecule has 0 saturated carbocycles. The Kier molecular flexibility index (Phi) is 3.78. The normalized spacial score (nSPS) is 23.7. The van der Waals surface area contributed by atoms with Crippen molar-refractivity contribution < 1.29 is 12.8 Å². The summed E-state index contributed by atoms with van der Waals surface area (Å²) in [5.41, 5.74) is 1.40. The number of rotatable bonds is 2. The van der Waals surface area contributed by atoms with Gasteiger partial charge in [0, 0.05) is 18.5 Å². The maximum atomic E-state index is 12.8. The summed E-state index contributed by atoms with van der Waals surface area (Å²) in [5.74, 6) is 1.04. The van der Waals surface area contributed by atoms with Crippen LogP contribution in [0.5, 0.6) is 0 Å². The second kappa shape index (κ2) is 5.66. The smallest absolute Gasteiger partial charge is 0.243 e. The zero-order chi connectivity index (χ0) is 20.5. The molecule has 0 spiro atoms. The van der Waals surface area contributed by atoms with Crippen LogP contribution in [0.1, 0.15) is 37.9 Å². The highest BCUT2D eigenvalue weighted by Crippen LogP contribution is 2.35. The Morgan fingerprint density at radius 3 is 2.57 bits per heavy atom. The van der Waals surface area contributed by atoms with Gasteiger partial charge in [-0.3, -0.25) is 5.41 Å². The van der Waals surface area contributed by atoms with E-state index < -0.39 is 20.1 Å².